The summed E-state index contributed by atoms with van der Waals surface area (Å²) in [5.74, 6) is -0.484. The van der Waals surface area contributed by atoms with Crippen LogP contribution < -0.4 is 5.73 Å². The van der Waals surface area contributed by atoms with Crippen molar-refractivity contribution in [3.8, 4) is 0 Å². The van der Waals surface area contributed by atoms with Crippen molar-refractivity contribution in [1.82, 2.24) is 0 Å². The lowest BCUT2D eigenvalue weighted by Gasteiger charge is -1.93. The van der Waals surface area contributed by atoms with Crippen LogP contribution >= 0.6 is 0 Å². The minimum Gasteiger partial charge on any atom is -0.399 e. The van der Waals surface area contributed by atoms with E-state index in [0.29, 0.717) is 6.29 Å². The molecule has 0 aliphatic heterocycles. The summed E-state index contributed by atoms with van der Waals surface area (Å²) in [5.41, 5.74) is 5.76. The first-order valence-electron chi connectivity index (χ1n) is 2.73. The average Bonchev–Trinajstić information content (AvgIpc) is 1.85. The number of aldehydes is 1. The molecular formula is C7H6FNO. The van der Waals surface area contributed by atoms with Crippen molar-refractivity contribution in [2.24, 2.45) is 0 Å². The summed E-state index contributed by atoms with van der Waals surface area (Å²) in [6.45, 7) is 0. The standard InChI is InChI=1S/C7H6FNO/c8-6-1-5(4-10)2-7(9)3-6/h1-4H,9H2. The van der Waals surface area contributed by atoms with Crippen LogP contribution in [0.5, 0.6) is 0 Å². The molecule has 0 saturated heterocycles. The number of nitrogen functional groups attached to an aromatic ring is 1. The smallest absolute Gasteiger partial charge is 0.150 e. The van der Waals surface area contributed by atoms with Gasteiger partial charge in [-0.2, -0.15) is 0 Å². The number of carbonyl (C=O) groups excluding carboxylic acids is 1. The molecule has 0 amide bonds. The summed E-state index contributed by atoms with van der Waals surface area (Å²) in [6, 6.07) is 3.70. The minimum absolute atomic E-state index is 0.262. The van der Waals surface area contributed by atoms with Gasteiger partial charge in [-0.05, 0) is 18.2 Å². The summed E-state index contributed by atoms with van der Waals surface area (Å²) < 4.78 is 12.4. The van der Waals surface area contributed by atoms with E-state index in [4.69, 9.17) is 5.73 Å². The van der Waals surface area contributed by atoms with Crippen LogP contribution in [0.2, 0.25) is 0 Å². The number of hydrogen-bond donors (Lipinski definition) is 1. The minimum atomic E-state index is -0.484. The van der Waals surface area contributed by atoms with Crippen LogP contribution in [0.3, 0.4) is 0 Å². The third kappa shape index (κ3) is 1.31. The number of anilines is 1. The molecule has 2 N–H and O–H groups in total. The Hall–Kier alpha value is -1.38. The first kappa shape index (κ1) is 6.74. The molecule has 3 heteroatoms. The highest BCUT2D eigenvalue weighted by Gasteiger charge is 1.95. The first-order valence-corrected chi connectivity index (χ1v) is 2.73. The maximum atomic E-state index is 12.4. The van der Waals surface area contributed by atoms with E-state index in [-0.39, 0.29) is 11.3 Å². The van der Waals surface area contributed by atoms with Gasteiger partial charge in [-0.25, -0.2) is 4.39 Å². The van der Waals surface area contributed by atoms with Crippen LogP contribution in [-0.4, -0.2) is 6.29 Å². The summed E-state index contributed by atoms with van der Waals surface area (Å²) in [4.78, 5) is 10.1. The molecule has 1 aromatic rings. The van der Waals surface area contributed by atoms with Gasteiger partial charge in [-0.1, -0.05) is 0 Å². The molecule has 0 spiro atoms. The normalized spacial score (nSPS) is 9.30. The molecule has 0 radical (unpaired) electrons. The zero-order valence-electron chi connectivity index (χ0n) is 5.17. The molecule has 0 atom stereocenters. The maximum absolute atomic E-state index is 12.4. The van der Waals surface area contributed by atoms with Gasteiger partial charge in [-0.15, -0.1) is 0 Å². The van der Waals surface area contributed by atoms with E-state index in [1.165, 1.54) is 6.07 Å². The predicted molar refractivity (Wildman–Crippen MR) is 36.2 cm³/mol. The van der Waals surface area contributed by atoms with Crippen molar-refractivity contribution in [2.45, 2.75) is 0 Å². The van der Waals surface area contributed by atoms with Crippen molar-refractivity contribution in [3.63, 3.8) is 0 Å². The van der Waals surface area contributed by atoms with Crippen LogP contribution in [0, 0.1) is 5.82 Å². The molecule has 0 heterocycles. The zero-order valence-corrected chi connectivity index (χ0v) is 5.17. The molecule has 0 aromatic heterocycles. The first-order chi connectivity index (χ1) is 4.72. The second-order valence-electron chi connectivity index (χ2n) is 1.94. The van der Waals surface area contributed by atoms with Gasteiger partial charge in [0.1, 0.15) is 12.1 Å². The molecule has 0 saturated carbocycles. The van der Waals surface area contributed by atoms with E-state index in [0.717, 1.165) is 12.1 Å². The summed E-state index contributed by atoms with van der Waals surface area (Å²) >= 11 is 0. The monoisotopic (exact) mass is 139 g/mol. The van der Waals surface area contributed by atoms with E-state index in [9.17, 15) is 9.18 Å². The van der Waals surface area contributed by atoms with Gasteiger partial charge in [0.15, 0.2) is 0 Å². The van der Waals surface area contributed by atoms with E-state index in [2.05, 4.69) is 0 Å². The number of halogens is 1. The fourth-order valence-electron chi connectivity index (χ4n) is 0.704. The fraction of sp³-hybridized carbons (Fsp3) is 0. The van der Waals surface area contributed by atoms with Gasteiger partial charge in [0.25, 0.3) is 0 Å². The quantitative estimate of drug-likeness (QED) is 0.469. The lowest BCUT2D eigenvalue weighted by Crippen LogP contribution is -1.89. The summed E-state index contributed by atoms with van der Waals surface area (Å²) in [5, 5.41) is 0. The number of carbonyl (C=O) groups is 1. The molecule has 52 valence electrons. The fourth-order valence-corrected chi connectivity index (χ4v) is 0.704. The van der Waals surface area contributed by atoms with Gasteiger partial charge in [0, 0.05) is 11.3 Å². The molecule has 10 heavy (non-hydrogen) atoms. The Morgan fingerprint density at radius 1 is 1.40 bits per heavy atom. The van der Waals surface area contributed by atoms with Gasteiger partial charge in [0.2, 0.25) is 0 Å². The Labute approximate surface area is 57.5 Å². The Morgan fingerprint density at radius 3 is 2.60 bits per heavy atom. The number of rotatable bonds is 1. The van der Waals surface area contributed by atoms with Crippen LogP contribution in [0.25, 0.3) is 0 Å². The lowest BCUT2D eigenvalue weighted by atomic mass is 10.2. The SMILES string of the molecule is Nc1cc(F)cc(C=O)c1. The Bertz CT molecular complexity index is 240. The highest BCUT2D eigenvalue weighted by Crippen LogP contribution is 2.08. The van der Waals surface area contributed by atoms with Crippen molar-refractivity contribution in [2.75, 3.05) is 5.73 Å². The second kappa shape index (κ2) is 2.47. The summed E-state index contributed by atoms with van der Waals surface area (Å²) in [6.07, 6.45) is 0.555. The van der Waals surface area contributed by atoms with E-state index < -0.39 is 5.82 Å². The largest absolute Gasteiger partial charge is 0.399 e. The highest BCUT2D eigenvalue weighted by molar-refractivity contribution is 5.76. The van der Waals surface area contributed by atoms with Crippen LogP contribution in [0.4, 0.5) is 10.1 Å². The Kier molecular flexibility index (Phi) is 1.67. The molecule has 0 aliphatic carbocycles. The predicted octanol–water partition coefficient (Wildman–Crippen LogP) is 1.22. The van der Waals surface area contributed by atoms with E-state index in [1.807, 2.05) is 0 Å². The number of hydrogen-bond acceptors (Lipinski definition) is 2. The van der Waals surface area contributed by atoms with Crippen molar-refractivity contribution in [3.05, 3.63) is 29.6 Å². The lowest BCUT2D eigenvalue weighted by molar-refractivity contribution is 0.112. The zero-order chi connectivity index (χ0) is 7.56. The molecule has 1 rings (SSSR count). The highest BCUT2D eigenvalue weighted by atomic mass is 19.1. The van der Waals surface area contributed by atoms with Gasteiger partial charge < -0.3 is 5.73 Å². The molecule has 0 bridgehead atoms. The number of benzene rings is 1. The van der Waals surface area contributed by atoms with E-state index in [1.54, 1.807) is 0 Å². The molecule has 2 nitrogen and oxygen atoms in total. The third-order valence-corrected chi connectivity index (χ3v) is 1.08. The molecule has 0 fully saturated rings. The second-order valence-corrected chi connectivity index (χ2v) is 1.94. The van der Waals surface area contributed by atoms with Crippen molar-refractivity contribution in [1.29, 1.82) is 0 Å². The molecule has 0 unspecified atom stereocenters. The Morgan fingerprint density at radius 2 is 2.10 bits per heavy atom. The maximum Gasteiger partial charge on any atom is 0.150 e. The van der Waals surface area contributed by atoms with Crippen LogP contribution in [-0.2, 0) is 0 Å². The number of nitrogens with two attached hydrogens (primary N) is 1. The van der Waals surface area contributed by atoms with Gasteiger partial charge in [0.05, 0.1) is 0 Å². The van der Waals surface area contributed by atoms with Gasteiger partial charge >= 0.3 is 0 Å². The summed E-state index contributed by atoms with van der Waals surface area (Å²) in [7, 11) is 0. The van der Waals surface area contributed by atoms with Crippen LogP contribution in [0.15, 0.2) is 18.2 Å². The molecule has 0 aliphatic rings. The van der Waals surface area contributed by atoms with Gasteiger partial charge in [-0.3, -0.25) is 4.79 Å². The van der Waals surface area contributed by atoms with E-state index >= 15 is 0 Å². The molecule has 1 aromatic carbocycles. The van der Waals surface area contributed by atoms with Crippen LogP contribution in [0.1, 0.15) is 10.4 Å². The topological polar surface area (TPSA) is 43.1 Å². The molecular weight excluding hydrogens is 133 g/mol. The average molecular weight is 139 g/mol. The Balaban J connectivity index is 3.18. The van der Waals surface area contributed by atoms with Crippen molar-refractivity contribution >= 4 is 12.0 Å². The van der Waals surface area contributed by atoms with Crippen molar-refractivity contribution < 1.29 is 9.18 Å². The third-order valence-electron chi connectivity index (χ3n) is 1.08.